The van der Waals surface area contributed by atoms with E-state index in [2.05, 4.69) is 20.3 Å². The molecule has 0 heterocycles. The summed E-state index contributed by atoms with van der Waals surface area (Å²) in [7, 11) is -2.21. The third-order valence-electron chi connectivity index (χ3n) is 3.96. The Morgan fingerprint density at radius 3 is 2.38 bits per heavy atom. The third kappa shape index (κ3) is 6.75. The van der Waals surface area contributed by atoms with Crippen molar-refractivity contribution in [3.05, 3.63) is 65.2 Å². The van der Waals surface area contributed by atoms with Crippen molar-refractivity contribution < 1.29 is 21.6 Å². The van der Waals surface area contributed by atoms with Crippen molar-refractivity contribution in [1.29, 1.82) is 0 Å². The lowest BCUT2D eigenvalue weighted by Gasteiger charge is -2.13. The zero-order valence-electron chi connectivity index (χ0n) is 16.0. The van der Waals surface area contributed by atoms with Crippen LogP contribution in [0.4, 0.5) is 13.2 Å². The Bertz CT molecular complexity index is 960. The standard InChI is InChI=1S/C19H23F3N4O2S/c1-3-24-18(25-12-14-6-4-8-16(10-14)19(20,21)22)26-13-15-7-5-9-17(11-15)29(27,28)23-2/h4-11,23H,3,12-13H2,1-2H3,(H2,24,25,26). The van der Waals surface area contributed by atoms with E-state index < -0.39 is 21.8 Å². The van der Waals surface area contributed by atoms with Gasteiger partial charge in [-0.15, -0.1) is 0 Å². The number of nitrogens with zero attached hydrogens (tertiary/aromatic N) is 1. The van der Waals surface area contributed by atoms with Gasteiger partial charge in [0.05, 0.1) is 17.0 Å². The molecule has 0 aromatic heterocycles. The molecule has 0 spiro atoms. The fraction of sp³-hybridized carbons (Fsp3) is 0.316. The number of benzene rings is 2. The summed E-state index contributed by atoms with van der Waals surface area (Å²) in [6.45, 7) is 2.78. The summed E-state index contributed by atoms with van der Waals surface area (Å²) >= 11 is 0. The van der Waals surface area contributed by atoms with Gasteiger partial charge in [-0.1, -0.05) is 24.3 Å². The van der Waals surface area contributed by atoms with Crippen LogP contribution in [0.5, 0.6) is 0 Å². The SMILES string of the molecule is CCNC(=NCc1cccc(C(F)(F)F)c1)NCc1cccc(S(=O)(=O)NC)c1. The monoisotopic (exact) mass is 428 g/mol. The zero-order chi connectivity index (χ0) is 21.5. The number of halogens is 3. The van der Waals surface area contributed by atoms with Crippen LogP contribution in [0.2, 0.25) is 0 Å². The van der Waals surface area contributed by atoms with Crippen LogP contribution < -0.4 is 15.4 Å². The van der Waals surface area contributed by atoms with E-state index in [0.29, 0.717) is 30.2 Å². The number of nitrogens with one attached hydrogen (secondary N) is 3. The molecule has 0 saturated heterocycles. The lowest BCUT2D eigenvalue weighted by molar-refractivity contribution is -0.137. The maximum Gasteiger partial charge on any atom is 0.416 e. The molecule has 0 unspecified atom stereocenters. The molecule has 0 fully saturated rings. The van der Waals surface area contributed by atoms with Crippen LogP contribution in [-0.4, -0.2) is 28.0 Å². The van der Waals surface area contributed by atoms with Gasteiger partial charge in [0.1, 0.15) is 0 Å². The molecule has 0 aliphatic rings. The van der Waals surface area contributed by atoms with Gasteiger partial charge in [-0.05, 0) is 49.4 Å². The summed E-state index contributed by atoms with van der Waals surface area (Å²) < 4.78 is 64.6. The normalized spacial score (nSPS) is 12.7. The van der Waals surface area contributed by atoms with Gasteiger partial charge < -0.3 is 10.6 Å². The average Bonchev–Trinajstić information content (AvgIpc) is 2.70. The molecule has 0 aliphatic carbocycles. The first-order valence-electron chi connectivity index (χ1n) is 8.86. The van der Waals surface area contributed by atoms with E-state index in [1.807, 2.05) is 6.92 Å². The molecule has 0 bridgehead atoms. The quantitative estimate of drug-likeness (QED) is 0.468. The second kappa shape index (κ2) is 9.75. The lowest BCUT2D eigenvalue weighted by atomic mass is 10.1. The lowest BCUT2D eigenvalue weighted by Crippen LogP contribution is -2.36. The van der Waals surface area contributed by atoms with Crippen molar-refractivity contribution >= 4 is 16.0 Å². The van der Waals surface area contributed by atoms with E-state index in [-0.39, 0.29) is 11.4 Å². The molecule has 6 nitrogen and oxygen atoms in total. The minimum absolute atomic E-state index is 0.0629. The maximum absolute atomic E-state index is 12.8. The smallest absolute Gasteiger partial charge is 0.357 e. The minimum atomic E-state index is -4.40. The molecule has 3 N–H and O–H groups in total. The Labute approximate surface area is 168 Å². The van der Waals surface area contributed by atoms with E-state index in [1.54, 1.807) is 18.2 Å². The summed E-state index contributed by atoms with van der Waals surface area (Å²) in [4.78, 5) is 4.45. The molecule has 158 valence electrons. The number of hydrogen-bond acceptors (Lipinski definition) is 3. The van der Waals surface area contributed by atoms with Crippen LogP contribution in [0, 0.1) is 0 Å². The second-order valence-corrected chi connectivity index (χ2v) is 7.99. The van der Waals surface area contributed by atoms with Crippen LogP contribution >= 0.6 is 0 Å². The summed E-state index contributed by atoms with van der Waals surface area (Å²) in [5.74, 6) is 0.409. The van der Waals surface area contributed by atoms with Gasteiger partial charge in [0.25, 0.3) is 0 Å². The average molecular weight is 428 g/mol. The Kier molecular flexibility index (Phi) is 7.63. The fourth-order valence-corrected chi connectivity index (χ4v) is 3.28. The van der Waals surface area contributed by atoms with Gasteiger partial charge in [0.15, 0.2) is 5.96 Å². The minimum Gasteiger partial charge on any atom is -0.357 e. The molecule has 2 aromatic rings. The highest BCUT2D eigenvalue weighted by Crippen LogP contribution is 2.29. The predicted octanol–water partition coefficient (Wildman–Crippen LogP) is 2.87. The van der Waals surface area contributed by atoms with E-state index >= 15 is 0 Å². The van der Waals surface area contributed by atoms with Crippen LogP contribution in [-0.2, 0) is 29.3 Å². The highest BCUT2D eigenvalue weighted by Gasteiger charge is 2.30. The highest BCUT2D eigenvalue weighted by atomic mass is 32.2. The first-order valence-corrected chi connectivity index (χ1v) is 10.3. The van der Waals surface area contributed by atoms with Gasteiger partial charge in [-0.2, -0.15) is 13.2 Å². The Hall–Kier alpha value is -2.59. The van der Waals surface area contributed by atoms with Crippen molar-refractivity contribution in [2.75, 3.05) is 13.6 Å². The maximum atomic E-state index is 12.8. The molecular weight excluding hydrogens is 405 g/mol. The van der Waals surface area contributed by atoms with Crippen molar-refractivity contribution in [3.8, 4) is 0 Å². The number of aliphatic imine (C=N–C) groups is 1. The zero-order valence-corrected chi connectivity index (χ0v) is 16.9. The van der Waals surface area contributed by atoms with E-state index in [0.717, 1.165) is 12.1 Å². The largest absolute Gasteiger partial charge is 0.416 e. The fourth-order valence-electron chi connectivity index (χ4n) is 2.48. The summed E-state index contributed by atoms with van der Waals surface area (Å²) in [6.07, 6.45) is -4.40. The van der Waals surface area contributed by atoms with Crippen molar-refractivity contribution in [2.45, 2.75) is 31.1 Å². The van der Waals surface area contributed by atoms with E-state index in [1.165, 1.54) is 25.2 Å². The Morgan fingerprint density at radius 1 is 1.03 bits per heavy atom. The number of alkyl halides is 3. The van der Waals surface area contributed by atoms with Gasteiger partial charge >= 0.3 is 6.18 Å². The Morgan fingerprint density at radius 2 is 1.72 bits per heavy atom. The molecule has 10 heteroatoms. The molecule has 0 aliphatic heterocycles. The van der Waals surface area contributed by atoms with Crippen LogP contribution in [0.25, 0.3) is 0 Å². The predicted molar refractivity (Wildman–Crippen MR) is 106 cm³/mol. The van der Waals surface area contributed by atoms with Crippen LogP contribution in [0.15, 0.2) is 58.4 Å². The van der Waals surface area contributed by atoms with Crippen molar-refractivity contribution in [3.63, 3.8) is 0 Å². The summed E-state index contributed by atoms with van der Waals surface area (Å²) in [5, 5.41) is 6.06. The van der Waals surface area contributed by atoms with Crippen molar-refractivity contribution in [1.82, 2.24) is 15.4 Å². The Balaban J connectivity index is 2.10. The van der Waals surface area contributed by atoms with Gasteiger partial charge in [0.2, 0.25) is 10.0 Å². The van der Waals surface area contributed by atoms with Crippen molar-refractivity contribution in [2.24, 2.45) is 4.99 Å². The van der Waals surface area contributed by atoms with Gasteiger partial charge in [0, 0.05) is 13.1 Å². The molecule has 0 atom stereocenters. The second-order valence-electron chi connectivity index (χ2n) is 6.10. The molecule has 2 aromatic carbocycles. The molecule has 2 rings (SSSR count). The third-order valence-corrected chi connectivity index (χ3v) is 5.37. The number of sulfonamides is 1. The topological polar surface area (TPSA) is 82.6 Å². The van der Waals surface area contributed by atoms with Crippen LogP contribution in [0.1, 0.15) is 23.6 Å². The van der Waals surface area contributed by atoms with Crippen LogP contribution in [0.3, 0.4) is 0 Å². The number of hydrogen-bond donors (Lipinski definition) is 3. The molecule has 0 saturated carbocycles. The number of rotatable bonds is 7. The van der Waals surface area contributed by atoms with E-state index in [4.69, 9.17) is 0 Å². The van der Waals surface area contributed by atoms with Gasteiger partial charge in [-0.25, -0.2) is 18.1 Å². The summed E-state index contributed by atoms with van der Waals surface area (Å²) in [5.41, 5.74) is 0.427. The summed E-state index contributed by atoms with van der Waals surface area (Å²) in [6, 6.07) is 11.4. The number of guanidine groups is 1. The first-order chi connectivity index (χ1) is 13.7. The first kappa shape index (κ1) is 22.7. The van der Waals surface area contributed by atoms with Gasteiger partial charge in [-0.3, -0.25) is 0 Å². The van der Waals surface area contributed by atoms with E-state index in [9.17, 15) is 21.6 Å². The molecular formula is C19H23F3N4O2S. The highest BCUT2D eigenvalue weighted by molar-refractivity contribution is 7.89. The molecule has 0 amide bonds. The molecule has 0 radical (unpaired) electrons. The molecule has 29 heavy (non-hydrogen) atoms.